The van der Waals surface area contributed by atoms with E-state index in [1.54, 1.807) is 28.5 Å². The Morgan fingerprint density at radius 1 is 1.13 bits per heavy atom. The summed E-state index contributed by atoms with van der Waals surface area (Å²) < 4.78 is 5.26. The first-order valence-electron chi connectivity index (χ1n) is 7.36. The third-order valence-corrected chi connectivity index (χ3v) is 4.76. The van der Waals surface area contributed by atoms with Crippen molar-refractivity contribution in [3.63, 3.8) is 0 Å². The number of benzene rings is 1. The number of carbonyl (C=O) groups is 1. The van der Waals surface area contributed by atoms with E-state index < -0.39 is 0 Å². The van der Waals surface area contributed by atoms with Crippen molar-refractivity contribution < 1.29 is 9.21 Å². The molecule has 1 aliphatic rings. The molecule has 23 heavy (non-hydrogen) atoms. The molecule has 0 unspecified atom stereocenters. The van der Waals surface area contributed by atoms with Crippen molar-refractivity contribution in [2.45, 2.75) is 12.5 Å². The van der Waals surface area contributed by atoms with E-state index in [4.69, 9.17) is 4.42 Å². The summed E-state index contributed by atoms with van der Waals surface area (Å²) in [6.07, 6.45) is 2.21. The summed E-state index contributed by atoms with van der Waals surface area (Å²) in [7, 11) is 0. The fourth-order valence-electron chi connectivity index (χ4n) is 2.74. The number of amides is 1. The van der Waals surface area contributed by atoms with Crippen LogP contribution in [0.5, 0.6) is 0 Å². The maximum atomic E-state index is 12.7. The van der Waals surface area contributed by atoms with Crippen LogP contribution in [0.15, 0.2) is 75.8 Å². The molecule has 0 saturated carbocycles. The van der Waals surface area contributed by atoms with E-state index in [2.05, 4.69) is 5.10 Å². The van der Waals surface area contributed by atoms with E-state index in [-0.39, 0.29) is 11.9 Å². The van der Waals surface area contributed by atoms with Gasteiger partial charge in [0, 0.05) is 6.42 Å². The fraction of sp³-hybridized carbons (Fsp3) is 0.111. The van der Waals surface area contributed by atoms with Gasteiger partial charge in [-0.05, 0) is 29.1 Å². The van der Waals surface area contributed by atoms with Gasteiger partial charge in [0.05, 0.1) is 22.9 Å². The van der Waals surface area contributed by atoms with Gasteiger partial charge in [0.2, 0.25) is 0 Å². The topological polar surface area (TPSA) is 45.8 Å². The minimum Gasteiger partial charge on any atom is -0.459 e. The Morgan fingerprint density at radius 3 is 2.70 bits per heavy atom. The Balaban J connectivity index is 1.72. The Kier molecular flexibility index (Phi) is 3.55. The summed E-state index contributed by atoms with van der Waals surface area (Å²) in [5.74, 6) is 0.0949. The average molecular weight is 322 g/mol. The number of rotatable bonds is 3. The van der Waals surface area contributed by atoms with E-state index >= 15 is 0 Å². The number of hydrogen-bond acceptors (Lipinski definition) is 4. The first-order chi connectivity index (χ1) is 11.3. The van der Waals surface area contributed by atoms with Gasteiger partial charge in [0.25, 0.3) is 0 Å². The highest BCUT2D eigenvalue weighted by molar-refractivity contribution is 7.12. The molecule has 1 aromatic carbocycles. The lowest BCUT2D eigenvalue weighted by Gasteiger charge is -2.20. The molecule has 3 heterocycles. The van der Waals surface area contributed by atoms with Gasteiger partial charge in [0.1, 0.15) is 0 Å². The molecule has 0 aliphatic carbocycles. The zero-order valence-electron chi connectivity index (χ0n) is 12.3. The number of furan rings is 1. The van der Waals surface area contributed by atoms with Crippen LogP contribution in [0.2, 0.25) is 0 Å². The predicted molar refractivity (Wildman–Crippen MR) is 89.5 cm³/mol. The first kappa shape index (κ1) is 14.0. The Hall–Kier alpha value is -2.66. The van der Waals surface area contributed by atoms with E-state index in [0.717, 1.165) is 16.2 Å². The van der Waals surface area contributed by atoms with Gasteiger partial charge in [-0.2, -0.15) is 5.10 Å². The molecular weight excluding hydrogens is 308 g/mol. The molecule has 0 radical (unpaired) electrons. The zero-order valence-corrected chi connectivity index (χ0v) is 13.1. The van der Waals surface area contributed by atoms with Gasteiger partial charge in [-0.1, -0.05) is 36.4 Å². The highest BCUT2D eigenvalue weighted by Gasteiger charge is 2.34. The maximum absolute atomic E-state index is 12.7. The molecule has 2 aromatic heterocycles. The molecule has 4 nitrogen and oxygen atoms in total. The normalized spacial score (nSPS) is 17.3. The minimum absolute atomic E-state index is 0.106. The SMILES string of the molecule is O=C(c1ccco1)N1N=C(c2cccs2)C[C@H]1c1ccccc1. The van der Waals surface area contributed by atoms with Crippen molar-refractivity contribution in [3.05, 3.63) is 82.4 Å². The minimum atomic E-state index is -0.213. The predicted octanol–water partition coefficient (Wildman–Crippen LogP) is 4.33. The van der Waals surface area contributed by atoms with Crippen molar-refractivity contribution in [3.8, 4) is 0 Å². The molecule has 3 aromatic rings. The van der Waals surface area contributed by atoms with Crippen LogP contribution in [0.4, 0.5) is 0 Å². The van der Waals surface area contributed by atoms with Crippen molar-refractivity contribution in [2.75, 3.05) is 0 Å². The zero-order chi connectivity index (χ0) is 15.6. The molecule has 4 rings (SSSR count). The van der Waals surface area contributed by atoms with Crippen molar-refractivity contribution >= 4 is 23.0 Å². The smallest absolute Gasteiger partial charge is 0.310 e. The third kappa shape index (κ3) is 2.59. The Morgan fingerprint density at radius 2 is 2.00 bits per heavy atom. The Bertz CT molecular complexity index is 823. The number of carbonyl (C=O) groups excluding carboxylic acids is 1. The van der Waals surface area contributed by atoms with Crippen molar-refractivity contribution in [1.82, 2.24) is 5.01 Å². The van der Waals surface area contributed by atoms with Gasteiger partial charge in [-0.15, -0.1) is 11.3 Å². The summed E-state index contributed by atoms with van der Waals surface area (Å²) in [6.45, 7) is 0. The second-order valence-corrected chi connectivity index (χ2v) is 6.23. The average Bonchev–Trinajstić information content (AvgIpc) is 3.35. The second kappa shape index (κ2) is 5.85. The van der Waals surface area contributed by atoms with Gasteiger partial charge in [0.15, 0.2) is 5.76 Å². The lowest BCUT2D eigenvalue weighted by molar-refractivity contribution is 0.0678. The molecule has 0 fully saturated rings. The van der Waals surface area contributed by atoms with Crippen LogP contribution in [-0.2, 0) is 0 Å². The van der Waals surface area contributed by atoms with Crippen LogP contribution in [-0.4, -0.2) is 16.6 Å². The number of hydrazone groups is 1. The molecule has 5 heteroatoms. The summed E-state index contributed by atoms with van der Waals surface area (Å²) >= 11 is 1.64. The molecule has 1 amide bonds. The molecule has 114 valence electrons. The standard InChI is InChI=1S/C18H14N2O2S/c21-18(16-8-4-10-22-16)20-15(13-6-2-1-3-7-13)12-14(19-20)17-9-5-11-23-17/h1-11,15H,12H2/t15-/m0/s1. The van der Waals surface area contributed by atoms with Gasteiger partial charge >= 0.3 is 5.91 Å². The van der Waals surface area contributed by atoms with Gasteiger partial charge in [-0.25, -0.2) is 5.01 Å². The molecule has 0 N–H and O–H groups in total. The summed E-state index contributed by atoms with van der Waals surface area (Å²) in [5, 5.41) is 8.16. The summed E-state index contributed by atoms with van der Waals surface area (Å²) in [4.78, 5) is 13.8. The van der Waals surface area contributed by atoms with Crippen LogP contribution in [0.3, 0.4) is 0 Å². The van der Waals surface area contributed by atoms with Crippen LogP contribution < -0.4 is 0 Å². The van der Waals surface area contributed by atoms with E-state index in [9.17, 15) is 4.79 Å². The van der Waals surface area contributed by atoms with Crippen LogP contribution in [0, 0.1) is 0 Å². The molecule has 0 spiro atoms. The van der Waals surface area contributed by atoms with Crippen LogP contribution in [0.1, 0.15) is 33.5 Å². The first-order valence-corrected chi connectivity index (χ1v) is 8.24. The Labute approximate surface area is 137 Å². The number of nitrogens with zero attached hydrogens (tertiary/aromatic N) is 2. The van der Waals surface area contributed by atoms with Crippen LogP contribution in [0.25, 0.3) is 0 Å². The maximum Gasteiger partial charge on any atom is 0.310 e. The van der Waals surface area contributed by atoms with Gasteiger partial charge < -0.3 is 4.42 Å². The highest BCUT2D eigenvalue weighted by atomic mass is 32.1. The van der Waals surface area contributed by atoms with Crippen molar-refractivity contribution in [1.29, 1.82) is 0 Å². The lowest BCUT2D eigenvalue weighted by Crippen LogP contribution is -2.26. The number of hydrogen-bond donors (Lipinski definition) is 0. The largest absolute Gasteiger partial charge is 0.459 e. The summed E-state index contributed by atoms with van der Waals surface area (Å²) in [6, 6.07) is 17.3. The van der Waals surface area contributed by atoms with Crippen LogP contribution >= 0.6 is 11.3 Å². The molecule has 1 atom stereocenters. The lowest BCUT2D eigenvalue weighted by atomic mass is 10.0. The monoisotopic (exact) mass is 322 g/mol. The van der Waals surface area contributed by atoms with E-state index in [0.29, 0.717) is 12.2 Å². The molecule has 0 bridgehead atoms. The molecule has 0 saturated heterocycles. The molecular formula is C18H14N2O2S. The summed E-state index contributed by atoms with van der Waals surface area (Å²) in [5.41, 5.74) is 2.01. The van der Waals surface area contributed by atoms with Gasteiger partial charge in [-0.3, -0.25) is 4.79 Å². The second-order valence-electron chi connectivity index (χ2n) is 5.28. The highest BCUT2D eigenvalue weighted by Crippen LogP contribution is 2.34. The third-order valence-electron chi connectivity index (χ3n) is 3.84. The molecule has 1 aliphatic heterocycles. The van der Waals surface area contributed by atoms with Crippen molar-refractivity contribution in [2.24, 2.45) is 5.10 Å². The van der Waals surface area contributed by atoms with E-state index in [1.807, 2.05) is 47.8 Å². The quantitative estimate of drug-likeness (QED) is 0.720. The van der Waals surface area contributed by atoms with E-state index in [1.165, 1.54) is 6.26 Å². The fourth-order valence-corrected chi connectivity index (χ4v) is 3.46. The number of thiophene rings is 1.